The van der Waals surface area contributed by atoms with Crippen LogP contribution in [0.3, 0.4) is 0 Å². The maximum Gasteiger partial charge on any atom is 0.274 e. The van der Waals surface area contributed by atoms with Crippen molar-refractivity contribution in [1.82, 2.24) is 19.6 Å². The van der Waals surface area contributed by atoms with Crippen LogP contribution in [0.1, 0.15) is 41.4 Å². The van der Waals surface area contributed by atoms with E-state index < -0.39 is 17.3 Å². The maximum atomic E-state index is 13.6. The molecule has 3 aromatic rings. The van der Waals surface area contributed by atoms with Crippen LogP contribution in [-0.2, 0) is 28.8 Å². The third-order valence-corrected chi connectivity index (χ3v) is 8.00. The summed E-state index contributed by atoms with van der Waals surface area (Å²) < 4.78 is 43.0. The summed E-state index contributed by atoms with van der Waals surface area (Å²) in [5.74, 6) is -0.166. The van der Waals surface area contributed by atoms with E-state index in [0.717, 1.165) is 36.4 Å². The molecule has 1 unspecified atom stereocenters. The van der Waals surface area contributed by atoms with Crippen LogP contribution in [0.15, 0.2) is 53.4 Å². The van der Waals surface area contributed by atoms with E-state index in [1.807, 2.05) is 37.3 Å². The maximum absolute atomic E-state index is 13.6. The van der Waals surface area contributed by atoms with Crippen molar-refractivity contribution in [2.75, 3.05) is 39.4 Å². The number of carbonyl (C=O) groups is 1. The Kier molecular flexibility index (Phi) is 8.32. The molecule has 0 aliphatic carbocycles. The minimum absolute atomic E-state index is 0.166. The van der Waals surface area contributed by atoms with Gasteiger partial charge in [0.05, 0.1) is 29.5 Å². The summed E-state index contributed by atoms with van der Waals surface area (Å²) >= 11 is -2.22. The van der Waals surface area contributed by atoms with E-state index in [4.69, 9.17) is 9.84 Å². The highest BCUT2D eigenvalue weighted by Crippen LogP contribution is 2.34. The van der Waals surface area contributed by atoms with E-state index in [1.54, 1.807) is 27.8 Å². The van der Waals surface area contributed by atoms with Crippen LogP contribution < -0.4 is 0 Å². The van der Waals surface area contributed by atoms with Gasteiger partial charge in [-0.05, 0) is 43.0 Å². The minimum Gasteiger partial charge on any atom is -0.378 e. The second-order valence-corrected chi connectivity index (χ2v) is 10.6. The molecule has 1 atom stereocenters. The van der Waals surface area contributed by atoms with Crippen molar-refractivity contribution in [3.05, 3.63) is 65.4 Å². The van der Waals surface area contributed by atoms with Crippen molar-refractivity contribution in [2.24, 2.45) is 0 Å². The van der Waals surface area contributed by atoms with E-state index in [1.165, 1.54) is 0 Å². The molecule has 38 heavy (non-hydrogen) atoms. The predicted octanol–water partition coefficient (Wildman–Crippen LogP) is 4.09. The topological polar surface area (TPSA) is 87.9 Å². The second-order valence-electron chi connectivity index (χ2n) is 9.71. The number of aromatic nitrogens is 2. The number of benzene rings is 2. The summed E-state index contributed by atoms with van der Waals surface area (Å²) in [6.45, 7) is 6.15. The van der Waals surface area contributed by atoms with Gasteiger partial charge in [-0.3, -0.25) is 9.69 Å². The number of morpholine rings is 1. The lowest BCUT2D eigenvalue weighted by Gasteiger charge is -2.28. The van der Waals surface area contributed by atoms with E-state index >= 15 is 0 Å². The molecule has 8 nitrogen and oxygen atoms in total. The zero-order valence-corrected chi connectivity index (χ0v) is 22.3. The lowest BCUT2D eigenvalue weighted by molar-refractivity contribution is 0.0298. The first-order chi connectivity index (χ1) is 18.5. The van der Waals surface area contributed by atoms with Crippen LogP contribution in [0, 0.1) is 0 Å². The third kappa shape index (κ3) is 5.58. The molecule has 2 aromatic carbocycles. The molecule has 0 spiro atoms. The number of hydrogen-bond acceptors (Lipinski definition) is 5. The number of nitrogens with zero attached hydrogens (tertiary/aromatic N) is 4. The molecule has 2 aliphatic heterocycles. The van der Waals surface area contributed by atoms with Gasteiger partial charge in [0.15, 0.2) is 16.8 Å². The zero-order valence-electron chi connectivity index (χ0n) is 21.5. The van der Waals surface area contributed by atoms with Gasteiger partial charge in [0, 0.05) is 43.9 Å². The van der Waals surface area contributed by atoms with Gasteiger partial charge >= 0.3 is 0 Å². The molecule has 2 aliphatic rings. The Balaban J connectivity index is 1.56. The van der Waals surface area contributed by atoms with Crippen LogP contribution in [0.2, 0.25) is 0 Å². The molecule has 2 saturated heterocycles. The molecule has 202 valence electrons. The Morgan fingerprint density at radius 2 is 1.76 bits per heavy atom. The number of hydrogen-bond donors (Lipinski definition) is 1. The standard InChI is InChI=1S/C28H33FN4O4S/c1-2-23-26(28(34)32-15-17-37-18-16-32)30-33(27(23)24-5-3-4-6-25(24)38(35)36)22-9-7-20(8-10-22)19-31-13-11-21(29)12-14-31/h3-10,21H,2,11-19H2,1H3,(H,35,36). The van der Waals surface area contributed by atoms with Crippen molar-refractivity contribution >= 4 is 17.0 Å². The summed E-state index contributed by atoms with van der Waals surface area (Å²) in [5.41, 5.74) is 4.15. The Labute approximate surface area is 224 Å². The molecule has 10 heteroatoms. The van der Waals surface area contributed by atoms with E-state index in [2.05, 4.69) is 4.90 Å². The fourth-order valence-electron chi connectivity index (χ4n) is 5.21. The molecule has 1 amide bonds. The number of rotatable bonds is 7. The lowest BCUT2D eigenvalue weighted by atomic mass is 10.0. The van der Waals surface area contributed by atoms with Crippen LogP contribution in [0.4, 0.5) is 4.39 Å². The zero-order chi connectivity index (χ0) is 26.6. The fourth-order valence-corrected chi connectivity index (χ4v) is 5.76. The summed E-state index contributed by atoms with van der Waals surface area (Å²) in [6.07, 6.45) is 0.959. The minimum atomic E-state index is -2.22. The smallest absolute Gasteiger partial charge is 0.274 e. The molecule has 5 rings (SSSR count). The molecule has 3 heterocycles. The monoisotopic (exact) mass is 540 g/mol. The fraction of sp³-hybridized carbons (Fsp3) is 0.429. The second kappa shape index (κ2) is 11.9. The van der Waals surface area contributed by atoms with Gasteiger partial charge < -0.3 is 14.2 Å². The van der Waals surface area contributed by atoms with Crippen LogP contribution in [0.5, 0.6) is 0 Å². The molecular weight excluding hydrogens is 507 g/mol. The van der Waals surface area contributed by atoms with Crippen LogP contribution in [0.25, 0.3) is 16.9 Å². The van der Waals surface area contributed by atoms with Gasteiger partial charge in [0.25, 0.3) is 5.91 Å². The first kappa shape index (κ1) is 26.7. The van der Waals surface area contributed by atoms with Gasteiger partial charge in [-0.15, -0.1) is 0 Å². The number of halogens is 1. The highest BCUT2D eigenvalue weighted by atomic mass is 32.2. The Morgan fingerprint density at radius 1 is 1.08 bits per heavy atom. The Hall–Kier alpha value is -2.92. The number of amides is 1. The summed E-state index contributed by atoms with van der Waals surface area (Å²) in [4.78, 5) is 17.8. The summed E-state index contributed by atoms with van der Waals surface area (Å²) in [6, 6.07) is 14.9. The van der Waals surface area contributed by atoms with Crippen LogP contribution in [-0.4, -0.2) is 79.8 Å². The predicted molar refractivity (Wildman–Crippen MR) is 144 cm³/mol. The van der Waals surface area contributed by atoms with Gasteiger partial charge in [-0.25, -0.2) is 13.3 Å². The Bertz CT molecular complexity index is 1300. The lowest BCUT2D eigenvalue weighted by Crippen LogP contribution is -2.41. The molecule has 0 saturated carbocycles. The summed E-state index contributed by atoms with van der Waals surface area (Å²) in [7, 11) is 0. The van der Waals surface area contributed by atoms with Crippen molar-refractivity contribution in [1.29, 1.82) is 0 Å². The normalized spacial score (nSPS) is 18.0. The number of ether oxygens (including phenoxy) is 1. The Morgan fingerprint density at radius 3 is 2.42 bits per heavy atom. The molecule has 0 radical (unpaired) electrons. The average Bonchev–Trinajstić information content (AvgIpc) is 3.34. The SMILES string of the molecule is CCc1c(C(=O)N2CCOCC2)nn(-c2ccc(CN3CCC(F)CC3)cc2)c1-c1ccccc1S(=O)O. The first-order valence-corrected chi connectivity index (χ1v) is 14.2. The quantitative estimate of drug-likeness (QED) is 0.455. The van der Waals surface area contributed by atoms with Gasteiger partial charge in [-0.1, -0.05) is 37.3 Å². The third-order valence-electron chi connectivity index (χ3n) is 7.27. The highest BCUT2D eigenvalue weighted by Gasteiger charge is 2.29. The largest absolute Gasteiger partial charge is 0.378 e. The molecular formula is C28H33FN4O4S. The number of carbonyl (C=O) groups excluding carboxylic acids is 1. The first-order valence-electron chi connectivity index (χ1n) is 13.1. The van der Waals surface area contributed by atoms with Crippen LogP contribution >= 0.6 is 0 Å². The van der Waals surface area contributed by atoms with Crippen molar-refractivity contribution in [3.63, 3.8) is 0 Å². The van der Waals surface area contributed by atoms with Gasteiger partial charge in [0.1, 0.15) is 6.17 Å². The van der Waals surface area contributed by atoms with Gasteiger partial charge in [0.2, 0.25) is 0 Å². The van der Waals surface area contributed by atoms with Crippen molar-refractivity contribution < 1.29 is 22.7 Å². The molecule has 0 bridgehead atoms. The molecule has 1 aromatic heterocycles. The molecule has 2 fully saturated rings. The highest BCUT2D eigenvalue weighted by molar-refractivity contribution is 7.79. The van der Waals surface area contributed by atoms with Gasteiger partial charge in [-0.2, -0.15) is 5.10 Å². The van der Waals surface area contributed by atoms with Crippen molar-refractivity contribution in [3.8, 4) is 16.9 Å². The van der Waals surface area contributed by atoms with E-state index in [9.17, 15) is 17.9 Å². The number of piperidine rings is 1. The number of likely N-dealkylation sites (tertiary alicyclic amines) is 1. The number of alkyl halides is 1. The summed E-state index contributed by atoms with van der Waals surface area (Å²) in [5, 5.41) is 4.81. The van der Waals surface area contributed by atoms with E-state index in [-0.39, 0.29) is 10.8 Å². The van der Waals surface area contributed by atoms with Crippen molar-refractivity contribution in [2.45, 2.75) is 43.8 Å². The average molecular weight is 541 g/mol. The molecule has 1 N–H and O–H groups in total. The van der Waals surface area contributed by atoms with E-state index in [0.29, 0.717) is 62.5 Å².